The Hall–Kier alpha value is -0.620. The third-order valence-corrected chi connectivity index (χ3v) is 6.23. The Balaban J connectivity index is 1.98. The van der Waals surface area contributed by atoms with Gasteiger partial charge in [0.2, 0.25) is 15.9 Å². The van der Waals surface area contributed by atoms with Crippen LogP contribution in [-0.4, -0.2) is 43.6 Å². The Morgan fingerprint density at radius 1 is 1.15 bits per heavy atom. The van der Waals surface area contributed by atoms with E-state index in [1.54, 1.807) is 4.90 Å². The first-order valence-corrected chi connectivity index (χ1v) is 9.24. The number of hydrogen-bond donors (Lipinski definition) is 1. The van der Waals surface area contributed by atoms with Crippen molar-refractivity contribution in [2.45, 2.75) is 63.7 Å². The van der Waals surface area contributed by atoms with Gasteiger partial charge in [0, 0.05) is 25.0 Å². The van der Waals surface area contributed by atoms with Crippen molar-refractivity contribution >= 4 is 15.9 Å². The molecule has 1 heterocycles. The number of carbonyl (C=O) groups is 1. The van der Waals surface area contributed by atoms with Gasteiger partial charge in [-0.3, -0.25) is 4.79 Å². The molecule has 1 amide bonds. The van der Waals surface area contributed by atoms with Gasteiger partial charge in [0.05, 0.1) is 5.25 Å². The second-order valence-corrected chi connectivity index (χ2v) is 8.34. The van der Waals surface area contributed by atoms with Crippen molar-refractivity contribution in [2.24, 2.45) is 5.92 Å². The third-order valence-electron chi connectivity index (χ3n) is 4.31. The van der Waals surface area contributed by atoms with Crippen molar-refractivity contribution in [1.82, 2.24) is 9.62 Å². The minimum absolute atomic E-state index is 0.0609. The van der Waals surface area contributed by atoms with Gasteiger partial charge < -0.3 is 4.90 Å². The Morgan fingerprint density at radius 3 is 2.40 bits per heavy atom. The summed E-state index contributed by atoms with van der Waals surface area (Å²) in [5.74, 6) is -0.00925. The molecule has 2 rings (SSSR count). The van der Waals surface area contributed by atoms with E-state index in [1.807, 2.05) is 13.8 Å². The molecule has 1 unspecified atom stereocenters. The van der Waals surface area contributed by atoms with E-state index in [0.717, 1.165) is 32.1 Å². The molecule has 2 fully saturated rings. The fourth-order valence-corrected chi connectivity index (χ4v) is 4.87. The lowest BCUT2D eigenvalue weighted by atomic mass is 10.1. The van der Waals surface area contributed by atoms with Gasteiger partial charge in [-0.2, -0.15) is 0 Å². The summed E-state index contributed by atoms with van der Waals surface area (Å²) in [6.45, 7) is 4.75. The van der Waals surface area contributed by atoms with Crippen molar-refractivity contribution in [3.05, 3.63) is 0 Å². The SMILES string of the molecule is CC(C)C(=O)N1CCCC(S(=O)(=O)NC2CCCC2)C1. The zero-order valence-corrected chi connectivity index (χ0v) is 13.3. The minimum Gasteiger partial charge on any atom is -0.341 e. The molecule has 1 aliphatic carbocycles. The molecule has 2 aliphatic rings. The average Bonchev–Trinajstić information content (AvgIpc) is 2.90. The molecule has 20 heavy (non-hydrogen) atoms. The molecule has 1 N–H and O–H groups in total. The summed E-state index contributed by atoms with van der Waals surface area (Å²) in [6.07, 6.45) is 5.53. The lowest BCUT2D eigenvalue weighted by molar-refractivity contribution is -0.135. The van der Waals surface area contributed by atoms with Crippen LogP contribution < -0.4 is 4.72 Å². The number of carbonyl (C=O) groups excluding carboxylic acids is 1. The summed E-state index contributed by atoms with van der Waals surface area (Å²) in [5.41, 5.74) is 0. The van der Waals surface area contributed by atoms with E-state index < -0.39 is 15.3 Å². The van der Waals surface area contributed by atoms with Crippen molar-refractivity contribution < 1.29 is 13.2 Å². The Kier molecular flexibility index (Phi) is 5.07. The van der Waals surface area contributed by atoms with E-state index in [2.05, 4.69) is 4.72 Å². The van der Waals surface area contributed by atoms with Crippen LogP contribution >= 0.6 is 0 Å². The van der Waals surface area contributed by atoms with E-state index in [-0.39, 0.29) is 17.9 Å². The van der Waals surface area contributed by atoms with Gasteiger partial charge in [0.25, 0.3) is 0 Å². The summed E-state index contributed by atoms with van der Waals surface area (Å²) < 4.78 is 27.7. The van der Waals surface area contributed by atoms with Crippen LogP contribution in [0.4, 0.5) is 0 Å². The molecular formula is C14H26N2O3S. The molecule has 0 aromatic rings. The minimum atomic E-state index is -3.30. The van der Waals surface area contributed by atoms with Gasteiger partial charge in [-0.05, 0) is 25.7 Å². The van der Waals surface area contributed by atoms with Crippen LogP contribution in [0.3, 0.4) is 0 Å². The van der Waals surface area contributed by atoms with E-state index in [9.17, 15) is 13.2 Å². The highest BCUT2D eigenvalue weighted by molar-refractivity contribution is 7.90. The average molecular weight is 302 g/mol. The maximum absolute atomic E-state index is 12.4. The zero-order valence-electron chi connectivity index (χ0n) is 12.5. The first-order chi connectivity index (χ1) is 9.40. The molecule has 5 nitrogen and oxygen atoms in total. The van der Waals surface area contributed by atoms with Crippen LogP contribution in [0.25, 0.3) is 0 Å². The molecule has 0 radical (unpaired) electrons. The molecule has 1 saturated heterocycles. The lowest BCUT2D eigenvalue weighted by Crippen LogP contribution is -2.50. The number of rotatable bonds is 4. The number of nitrogens with zero attached hydrogens (tertiary/aromatic N) is 1. The molecule has 6 heteroatoms. The van der Waals surface area contributed by atoms with E-state index >= 15 is 0 Å². The van der Waals surface area contributed by atoms with E-state index in [4.69, 9.17) is 0 Å². The van der Waals surface area contributed by atoms with Crippen LogP contribution in [0.5, 0.6) is 0 Å². The normalized spacial score (nSPS) is 25.4. The van der Waals surface area contributed by atoms with Crippen LogP contribution in [0.1, 0.15) is 52.4 Å². The molecular weight excluding hydrogens is 276 g/mol. The summed E-state index contributed by atoms with van der Waals surface area (Å²) in [5, 5.41) is -0.445. The Morgan fingerprint density at radius 2 is 1.80 bits per heavy atom. The van der Waals surface area contributed by atoms with E-state index in [0.29, 0.717) is 19.5 Å². The first-order valence-electron chi connectivity index (χ1n) is 7.70. The quantitative estimate of drug-likeness (QED) is 0.855. The first kappa shape index (κ1) is 15.8. The molecule has 0 bridgehead atoms. The van der Waals surface area contributed by atoms with Crippen molar-refractivity contribution in [2.75, 3.05) is 13.1 Å². The molecule has 0 aromatic heterocycles. The fourth-order valence-electron chi connectivity index (χ4n) is 3.13. The van der Waals surface area contributed by atoms with Crippen LogP contribution in [0, 0.1) is 5.92 Å². The predicted molar refractivity (Wildman–Crippen MR) is 78.8 cm³/mol. The molecule has 1 aliphatic heterocycles. The molecule has 1 atom stereocenters. The number of hydrogen-bond acceptors (Lipinski definition) is 3. The van der Waals surface area contributed by atoms with Crippen LogP contribution in [0.2, 0.25) is 0 Å². The van der Waals surface area contributed by atoms with Gasteiger partial charge in [-0.15, -0.1) is 0 Å². The number of piperidine rings is 1. The second kappa shape index (κ2) is 6.43. The fraction of sp³-hybridized carbons (Fsp3) is 0.929. The van der Waals surface area contributed by atoms with Crippen molar-refractivity contribution in [1.29, 1.82) is 0 Å². The molecule has 116 valence electrons. The smallest absolute Gasteiger partial charge is 0.225 e. The molecule has 0 spiro atoms. The van der Waals surface area contributed by atoms with Gasteiger partial charge >= 0.3 is 0 Å². The van der Waals surface area contributed by atoms with Gasteiger partial charge in [0.1, 0.15) is 0 Å². The van der Waals surface area contributed by atoms with Gasteiger partial charge in [0.15, 0.2) is 0 Å². The second-order valence-electron chi connectivity index (χ2n) is 6.35. The topological polar surface area (TPSA) is 66.5 Å². The maximum atomic E-state index is 12.4. The van der Waals surface area contributed by atoms with E-state index in [1.165, 1.54) is 0 Å². The number of likely N-dealkylation sites (tertiary alicyclic amines) is 1. The molecule has 1 saturated carbocycles. The number of sulfonamides is 1. The highest BCUT2D eigenvalue weighted by Crippen LogP contribution is 2.22. The van der Waals surface area contributed by atoms with Gasteiger partial charge in [-0.1, -0.05) is 26.7 Å². The van der Waals surface area contributed by atoms with Gasteiger partial charge in [-0.25, -0.2) is 13.1 Å². The Labute approximate surface area is 122 Å². The highest BCUT2D eigenvalue weighted by atomic mass is 32.2. The summed E-state index contributed by atoms with van der Waals surface area (Å²) in [4.78, 5) is 13.7. The monoisotopic (exact) mass is 302 g/mol. The maximum Gasteiger partial charge on any atom is 0.225 e. The third kappa shape index (κ3) is 3.73. The van der Waals surface area contributed by atoms with Crippen LogP contribution in [0.15, 0.2) is 0 Å². The molecule has 0 aromatic carbocycles. The van der Waals surface area contributed by atoms with Crippen molar-refractivity contribution in [3.63, 3.8) is 0 Å². The summed E-state index contributed by atoms with van der Waals surface area (Å²) >= 11 is 0. The lowest BCUT2D eigenvalue weighted by Gasteiger charge is -2.34. The predicted octanol–water partition coefficient (Wildman–Crippen LogP) is 1.50. The van der Waals surface area contributed by atoms with Crippen LogP contribution in [-0.2, 0) is 14.8 Å². The zero-order chi connectivity index (χ0) is 14.8. The standard InChI is InChI=1S/C14H26N2O3S/c1-11(2)14(17)16-9-5-8-13(10-16)20(18,19)15-12-6-3-4-7-12/h11-13,15H,3-10H2,1-2H3. The Bertz CT molecular complexity index is 441. The van der Waals surface area contributed by atoms with Crippen molar-refractivity contribution in [3.8, 4) is 0 Å². The highest BCUT2D eigenvalue weighted by Gasteiger charge is 2.34. The number of amides is 1. The summed E-state index contributed by atoms with van der Waals surface area (Å²) in [7, 11) is -3.30. The number of nitrogens with one attached hydrogen (secondary N) is 1. The summed E-state index contributed by atoms with van der Waals surface area (Å²) in [6, 6.07) is 0.108. The largest absolute Gasteiger partial charge is 0.341 e.